The number of rotatable bonds is 7. The predicted molar refractivity (Wildman–Crippen MR) is 62.1 cm³/mol. The van der Waals surface area contributed by atoms with Gasteiger partial charge >= 0.3 is 5.97 Å². The molecule has 0 radical (unpaired) electrons. The third-order valence-electron chi connectivity index (χ3n) is 3.67. The van der Waals surface area contributed by atoms with Crippen molar-refractivity contribution in [2.24, 2.45) is 5.92 Å². The van der Waals surface area contributed by atoms with Crippen LogP contribution in [0.5, 0.6) is 0 Å². The molecule has 16 heavy (non-hydrogen) atoms. The quantitative estimate of drug-likeness (QED) is 0.641. The van der Waals surface area contributed by atoms with E-state index in [1.165, 1.54) is 7.11 Å². The molecular weight excluding hydrogens is 206 g/mol. The van der Waals surface area contributed by atoms with Gasteiger partial charge < -0.3 is 9.84 Å². The van der Waals surface area contributed by atoms with Crippen LogP contribution < -0.4 is 5.32 Å². The number of methoxy groups -OCH3 is 1. The SMILES string of the molecule is CCC(CC)(CO)NC(C(=O)OC)C1CC1. The lowest BCUT2D eigenvalue weighted by Gasteiger charge is -2.34. The molecule has 0 aromatic heterocycles. The highest BCUT2D eigenvalue weighted by atomic mass is 16.5. The molecule has 0 spiro atoms. The van der Waals surface area contributed by atoms with Gasteiger partial charge in [-0.2, -0.15) is 0 Å². The van der Waals surface area contributed by atoms with Gasteiger partial charge in [-0.25, -0.2) is 0 Å². The van der Waals surface area contributed by atoms with E-state index in [-0.39, 0.29) is 24.2 Å². The molecule has 1 aliphatic rings. The average Bonchev–Trinajstić information content (AvgIpc) is 3.15. The van der Waals surface area contributed by atoms with Gasteiger partial charge in [-0.15, -0.1) is 0 Å². The van der Waals surface area contributed by atoms with Crippen LogP contribution in [0, 0.1) is 5.92 Å². The summed E-state index contributed by atoms with van der Waals surface area (Å²) in [5.41, 5.74) is -0.346. The van der Waals surface area contributed by atoms with Crippen molar-refractivity contribution >= 4 is 5.97 Å². The van der Waals surface area contributed by atoms with Crippen LogP contribution in [0.1, 0.15) is 39.5 Å². The molecule has 1 unspecified atom stereocenters. The molecule has 4 heteroatoms. The maximum Gasteiger partial charge on any atom is 0.323 e. The van der Waals surface area contributed by atoms with Gasteiger partial charge in [0.25, 0.3) is 0 Å². The molecule has 0 saturated heterocycles. The van der Waals surface area contributed by atoms with Crippen LogP contribution >= 0.6 is 0 Å². The third-order valence-corrected chi connectivity index (χ3v) is 3.67. The van der Waals surface area contributed by atoms with Crippen molar-refractivity contribution < 1.29 is 14.6 Å². The topological polar surface area (TPSA) is 58.6 Å². The molecule has 0 heterocycles. The standard InChI is InChI=1S/C12H23NO3/c1-4-12(5-2,8-14)13-10(9-6-7-9)11(15)16-3/h9-10,13-14H,4-8H2,1-3H3. The van der Waals surface area contributed by atoms with Crippen molar-refractivity contribution in [3.8, 4) is 0 Å². The summed E-state index contributed by atoms with van der Waals surface area (Å²) in [6.07, 6.45) is 3.75. The van der Waals surface area contributed by atoms with E-state index in [1.54, 1.807) is 0 Å². The number of ether oxygens (including phenoxy) is 1. The van der Waals surface area contributed by atoms with E-state index in [9.17, 15) is 9.90 Å². The van der Waals surface area contributed by atoms with Gasteiger partial charge in [-0.1, -0.05) is 13.8 Å². The van der Waals surface area contributed by atoms with E-state index >= 15 is 0 Å². The Morgan fingerprint density at radius 3 is 2.38 bits per heavy atom. The van der Waals surface area contributed by atoms with Crippen molar-refractivity contribution in [1.29, 1.82) is 0 Å². The first-order valence-electron chi connectivity index (χ1n) is 6.08. The van der Waals surface area contributed by atoms with Crippen LogP contribution in [0.4, 0.5) is 0 Å². The van der Waals surface area contributed by atoms with Gasteiger partial charge in [0.15, 0.2) is 0 Å². The van der Waals surface area contributed by atoms with Crippen LogP contribution in [0.15, 0.2) is 0 Å². The summed E-state index contributed by atoms with van der Waals surface area (Å²) in [5, 5.41) is 12.8. The second kappa shape index (κ2) is 5.64. The third kappa shape index (κ3) is 2.95. The summed E-state index contributed by atoms with van der Waals surface area (Å²) in [6.45, 7) is 4.10. The van der Waals surface area contributed by atoms with E-state index in [4.69, 9.17) is 4.74 Å². The molecule has 0 aromatic carbocycles. The van der Waals surface area contributed by atoms with Crippen LogP contribution in [-0.2, 0) is 9.53 Å². The number of nitrogens with one attached hydrogen (secondary N) is 1. The lowest BCUT2D eigenvalue weighted by Crippen LogP contribution is -2.56. The van der Waals surface area contributed by atoms with Gasteiger partial charge in [-0.3, -0.25) is 10.1 Å². The molecule has 1 rings (SSSR count). The first-order chi connectivity index (χ1) is 7.62. The van der Waals surface area contributed by atoms with Crippen molar-refractivity contribution in [3.63, 3.8) is 0 Å². The largest absolute Gasteiger partial charge is 0.468 e. The molecule has 0 amide bonds. The summed E-state index contributed by atoms with van der Waals surface area (Å²) in [7, 11) is 1.41. The molecule has 1 fully saturated rings. The second-order valence-electron chi connectivity index (χ2n) is 4.63. The molecule has 1 aliphatic carbocycles. The van der Waals surface area contributed by atoms with Crippen molar-refractivity contribution in [2.45, 2.75) is 51.1 Å². The fourth-order valence-electron chi connectivity index (χ4n) is 1.98. The summed E-state index contributed by atoms with van der Waals surface area (Å²) in [4.78, 5) is 11.7. The molecule has 94 valence electrons. The predicted octanol–water partition coefficient (Wildman–Crippen LogP) is 1.08. The number of hydrogen-bond donors (Lipinski definition) is 2. The van der Waals surface area contributed by atoms with Crippen molar-refractivity contribution in [2.75, 3.05) is 13.7 Å². The van der Waals surface area contributed by atoms with Gasteiger partial charge in [0.2, 0.25) is 0 Å². The number of carbonyl (C=O) groups excluding carboxylic acids is 1. The molecule has 1 atom stereocenters. The number of hydrogen-bond acceptors (Lipinski definition) is 4. The highest BCUT2D eigenvalue weighted by molar-refractivity contribution is 5.76. The van der Waals surface area contributed by atoms with Crippen LogP contribution in [0.3, 0.4) is 0 Å². The van der Waals surface area contributed by atoms with E-state index in [1.807, 2.05) is 13.8 Å². The molecule has 0 aromatic rings. The summed E-state index contributed by atoms with van der Waals surface area (Å²) in [6, 6.07) is -0.253. The Hall–Kier alpha value is -0.610. The highest BCUT2D eigenvalue weighted by Crippen LogP contribution is 2.34. The Balaban J connectivity index is 2.68. The number of aliphatic hydroxyl groups excluding tert-OH is 1. The molecule has 0 aliphatic heterocycles. The van der Waals surface area contributed by atoms with Crippen LogP contribution in [0.25, 0.3) is 0 Å². The maximum absolute atomic E-state index is 11.7. The molecule has 1 saturated carbocycles. The average molecular weight is 229 g/mol. The number of aliphatic hydroxyl groups is 1. The molecule has 2 N–H and O–H groups in total. The molecule has 4 nitrogen and oxygen atoms in total. The summed E-state index contributed by atoms with van der Waals surface area (Å²) >= 11 is 0. The van der Waals surface area contributed by atoms with Gasteiger partial charge in [0.1, 0.15) is 6.04 Å². The normalized spacial score (nSPS) is 18.2. The number of esters is 1. The Labute approximate surface area is 97.4 Å². The minimum atomic E-state index is -0.346. The van der Waals surface area contributed by atoms with Gasteiger partial charge in [0.05, 0.1) is 13.7 Å². The Bertz CT molecular complexity index is 226. The smallest absolute Gasteiger partial charge is 0.323 e. The van der Waals surface area contributed by atoms with E-state index in [2.05, 4.69) is 5.32 Å². The minimum Gasteiger partial charge on any atom is -0.468 e. The lowest BCUT2D eigenvalue weighted by atomic mass is 9.92. The van der Waals surface area contributed by atoms with E-state index in [0.29, 0.717) is 5.92 Å². The zero-order valence-electron chi connectivity index (χ0n) is 10.5. The Morgan fingerprint density at radius 1 is 1.50 bits per heavy atom. The summed E-state index contributed by atoms with van der Waals surface area (Å²) < 4.78 is 4.81. The van der Waals surface area contributed by atoms with Crippen molar-refractivity contribution in [1.82, 2.24) is 5.32 Å². The summed E-state index contributed by atoms with van der Waals surface area (Å²) in [5.74, 6) is 0.179. The van der Waals surface area contributed by atoms with E-state index in [0.717, 1.165) is 25.7 Å². The van der Waals surface area contributed by atoms with Gasteiger partial charge in [-0.05, 0) is 31.6 Å². The highest BCUT2D eigenvalue weighted by Gasteiger charge is 2.41. The monoisotopic (exact) mass is 229 g/mol. The lowest BCUT2D eigenvalue weighted by molar-refractivity contribution is -0.144. The molecule has 0 bridgehead atoms. The van der Waals surface area contributed by atoms with Crippen LogP contribution in [-0.4, -0.2) is 36.4 Å². The number of carbonyl (C=O) groups is 1. The van der Waals surface area contributed by atoms with Crippen molar-refractivity contribution in [3.05, 3.63) is 0 Å². The first-order valence-corrected chi connectivity index (χ1v) is 6.08. The maximum atomic E-state index is 11.7. The molecular formula is C12H23NO3. The Kier molecular flexibility index (Phi) is 4.74. The first kappa shape index (κ1) is 13.5. The van der Waals surface area contributed by atoms with E-state index < -0.39 is 0 Å². The Morgan fingerprint density at radius 2 is 2.06 bits per heavy atom. The minimum absolute atomic E-state index is 0.0558. The van der Waals surface area contributed by atoms with Crippen LogP contribution in [0.2, 0.25) is 0 Å². The second-order valence-corrected chi connectivity index (χ2v) is 4.63. The fraction of sp³-hybridized carbons (Fsp3) is 0.917. The fourth-order valence-corrected chi connectivity index (χ4v) is 1.98. The zero-order chi connectivity index (χ0) is 12.2. The van der Waals surface area contributed by atoms with Gasteiger partial charge in [0, 0.05) is 5.54 Å². The zero-order valence-corrected chi connectivity index (χ0v) is 10.5.